The molecule has 0 N–H and O–H groups in total. The van der Waals surface area contributed by atoms with Gasteiger partial charge in [0.1, 0.15) is 0 Å². The molecule has 0 aromatic carbocycles. The van der Waals surface area contributed by atoms with Crippen LogP contribution in [0, 0.1) is 6.92 Å². The third-order valence-electron chi connectivity index (χ3n) is 1.40. The van der Waals surface area contributed by atoms with E-state index in [4.69, 9.17) is 7.85 Å². The molecule has 0 atom stereocenters. The lowest BCUT2D eigenvalue weighted by Crippen LogP contribution is -1.98. The first kappa shape index (κ1) is 11.9. The number of nitrogens with zero attached hydrogens (tertiary/aromatic N) is 1. The van der Waals surface area contributed by atoms with Gasteiger partial charge in [-0.25, -0.2) is 0 Å². The van der Waals surface area contributed by atoms with Gasteiger partial charge in [0.15, 0.2) is 5.78 Å². The molecule has 0 saturated heterocycles. The molecular weight excluding hydrogens is 161 g/mol. The fourth-order valence-electron chi connectivity index (χ4n) is 0.837. The monoisotopic (exact) mass is 175 g/mol. The van der Waals surface area contributed by atoms with Gasteiger partial charge in [0, 0.05) is 17.5 Å². The summed E-state index contributed by atoms with van der Waals surface area (Å²) < 4.78 is 0. The summed E-state index contributed by atoms with van der Waals surface area (Å²) in [5, 5.41) is 0. The van der Waals surface area contributed by atoms with E-state index in [1.54, 1.807) is 18.3 Å². The maximum Gasteiger partial charge on any atom is 0.154 e. The third-order valence-corrected chi connectivity index (χ3v) is 1.40. The standard InChI is InChI=1S/C8H8BNO.C2H6/c1-6-4-7(2-3-10-6)8(11)5-9;1-2/h2-4H,5H2,1H3;1-2H3. The van der Waals surface area contributed by atoms with Gasteiger partial charge >= 0.3 is 0 Å². The second-order valence-corrected chi connectivity index (χ2v) is 2.31. The van der Waals surface area contributed by atoms with Crippen molar-refractivity contribution in [2.45, 2.75) is 27.1 Å². The Morgan fingerprint density at radius 1 is 1.54 bits per heavy atom. The average Bonchev–Trinajstić information content (AvgIpc) is 2.20. The summed E-state index contributed by atoms with van der Waals surface area (Å²) in [6.07, 6.45) is 1.67. The second kappa shape index (κ2) is 6.41. The van der Waals surface area contributed by atoms with Crippen molar-refractivity contribution in [3.63, 3.8) is 0 Å². The highest BCUT2D eigenvalue weighted by Gasteiger charge is 2.01. The Bertz CT molecular complexity index is 273. The molecule has 3 heteroatoms. The highest BCUT2D eigenvalue weighted by molar-refractivity contribution is 6.23. The summed E-state index contributed by atoms with van der Waals surface area (Å²) in [6.45, 7) is 5.84. The van der Waals surface area contributed by atoms with E-state index in [0.29, 0.717) is 5.56 Å². The smallest absolute Gasteiger partial charge is 0.154 e. The number of pyridine rings is 1. The minimum Gasteiger partial charge on any atom is -0.295 e. The van der Waals surface area contributed by atoms with E-state index in [1.165, 1.54) is 0 Å². The lowest BCUT2D eigenvalue weighted by molar-refractivity contribution is 0.101. The van der Waals surface area contributed by atoms with Crippen molar-refractivity contribution in [1.82, 2.24) is 4.98 Å². The highest BCUT2D eigenvalue weighted by Crippen LogP contribution is 2.02. The molecule has 0 unspecified atom stereocenters. The highest BCUT2D eigenvalue weighted by atomic mass is 16.1. The zero-order valence-electron chi connectivity index (χ0n) is 8.37. The number of Topliss-reactive ketones (excluding diaryl/α,β-unsaturated/α-hetero) is 1. The summed E-state index contributed by atoms with van der Waals surface area (Å²) in [4.78, 5) is 15.0. The van der Waals surface area contributed by atoms with E-state index in [9.17, 15) is 4.79 Å². The average molecular weight is 175 g/mol. The van der Waals surface area contributed by atoms with E-state index < -0.39 is 0 Å². The van der Waals surface area contributed by atoms with Gasteiger partial charge < -0.3 is 0 Å². The predicted octanol–water partition coefficient (Wildman–Crippen LogP) is 2.19. The molecule has 1 heterocycles. The van der Waals surface area contributed by atoms with Crippen LogP contribution in [-0.4, -0.2) is 18.6 Å². The van der Waals surface area contributed by atoms with Crippen molar-refractivity contribution < 1.29 is 4.79 Å². The summed E-state index contributed by atoms with van der Waals surface area (Å²) in [5.74, 6) is -0.0458. The van der Waals surface area contributed by atoms with Gasteiger partial charge in [0.2, 0.25) is 0 Å². The van der Waals surface area contributed by atoms with E-state index in [1.807, 2.05) is 20.8 Å². The number of aryl methyl sites for hydroxylation is 1. The number of carbonyl (C=O) groups excluding carboxylic acids is 1. The Morgan fingerprint density at radius 2 is 2.15 bits per heavy atom. The molecule has 0 aliphatic rings. The van der Waals surface area contributed by atoms with Crippen LogP contribution in [0.2, 0.25) is 6.32 Å². The number of aromatic nitrogens is 1. The number of rotatable bonds is 2. The van der Waals surface area contributed by atoms with Gasteiger partial charge in [-0.05, 0) is 25.4 Å². The van der Waals surface area contributed by atoms with Crippen molar-refractivity contribution in [2.75, 3.05) is 0 Å². The fourth-order valence-corrected chi connectivity index (χ4v) is 0.837. The maximum atomic E-state index is 11.0. The van der Waals surface area contributed by atoms with Gasteiger partial charge in [0.25, 0.3) is 0 Å². The normalized spacial score (nSPS) is 8.54. The SMILES string of the molecule is CC.[B]CC(=O)c1ccnc(C)c1. The summed E-state index contributed by atoms with van der Waals surface area (Å²) in [6, 6.07) is 3.40. The van der Waals surface area contributed by atoms with Gasteiger partial charge in [0.05, 0.1) is 7.85 Å². The second-order valence-electron chi connectivity index (χ2n) is 2.31. The third kappa shape index (κ3) is 3.88. The minimum absolute atomic E-state index is 0.0458. The van der Waals surface area contributed by atoms with Crippen LogP contribution < -0.4 is 0 Å². The van der Waals surface area contributed by atoms with E-state index in [0.717, 1.165) is 5.69 Å². The molecule has 68 valence electrons. The van der Waals surface area contributed by atoms with Crippen molar-refractivity contribution in [1.29, 1.82) is 0 Å². The number of hydrogen-bond donors (Lipinski definition) is 0. The molecule has 0 saturated carbocycles. The van der Waals surface area contributed by atoms with E-state index in [-0.39, 0.29) is 12.1 Å². The Morgan fingerprint density at radius 3 is 2.62 bits per heavy atom. The van der Waals surface area contributed by atoms with Crippen LogP contribution in [-0.2, 0) is 0 Å². The molecule has 0 bridgehead atoms. The predicted molar refractivity (Wildman–Crippen MR) is 55.2 cm³/mol. The first-order valence-corrected chi connectivity index (χ1v) is 4.40. The summed E-state index contributed by atoms with van der Waals surface area (Å²) >= 11 is 0. The quantitative estimate of drug-likeness (QED) is 0.509. The maximum absolute atomic E-state index is 11.0. The molecule has 2 nitrogen and oxygen atoms in total. The zero-order valence-corrected chi connectivity index (χ0v) is 8.37. The molecule has 1 rings (SSSR count). The van der Waals surface area contributed by atoms with Gasteiger partial charge in [-0.3, -0.25) is 9.78 Å². The topological polar surface area (TPSA) is 30.0 Å². The first-order valence-electron chi connectivity index (χ1n) is 4.40. The largest absolute Gasteiger partial charge is 0.295 e. The summed E-state index contributed by atoms with van der Waals surface area (Å²) in [7, 11) is 5.18. The van der Waals surface area contributed by atoms with Gasteiger partial charge in [-0.2, -0.15) is 0 Å². The van der Waals surface area contributed by atoms with Crippen molar-refractivity contribution in [2.24, 2.45) is 0 Å². The number of ketones is 1. The molecular formula is C10H14BNO. The van der Waals surface area contributed by atoms with Gasteiger partial charge in [-0.1, -0.05) is 13.8 Å². The Kier molecular flexibility index (Phi) is 5.86. The molecule has 0 aliphatic carbocycles. The molecule has 0 aliphatic heterocycles. The Labute approximate surface area is 80.8 Å². The zero-order chi connectivity index (χ0) is 10.3. The van der Waals surface area contributed by atoms with Crippen LogP contribution in [0.4, 0.5) is 0 Å². The van der Waals surface area contributed by atoms with Crippen LogP contribution >= 0.6 is 0 Å². The van der Waals surface area contributed by atoms with Crippen LogP contribution in [0.5, 0.6) is 0 Å². The minimum atomic E-state index is -0.0458. The lowest BCUT2D eigenvalue weighted by atomic mass is 9.96. The number of carbonyl (C=O) groups is 1. The van der Waals surface area contributed by atoms with E-state index in [2.05, 4.69) is 4.98 Å². The van der Waals surface area contributed by atoms with Crippen molar-refractivity contribution >= 4 is 13.6 Å². The van der Waals surface area contributed by atoms with Crippen LogP contribution in [0.15, 0.2) is 18.3 Å². The molecule has 1 aromatic rings. The fraction of sp³-hybridized carbons (Fsp3) is 0.400. The van der Waals surface area contributed by atoms with Crippen LogP contribution in [0.25, 0.3) is 0 Å². The molecule has 0 spiro atoms. The molecule has 0 amide bonds. The van der Waals surface area contributed by atoms with Crippen LogP contribution in [0.3, 0.4) is 0 Å². The lowest BCUT2D eigenvalue weighted by Gasteiger charge is -1.97. The Balaban J connectivity index is 0.000000671. The van der Waals surface area contributed by atoms with E-state index >= 15 is 0 Å². The number of hydrogen-bond acceptors (Lipinski definition) is 2. The van der Waals surface area contributed by atoms with Crippen molar-refractivity contribution in [3.8, 4) is 0 Å². The Hall–Kier alpha value is -1.12. The van der Waals surface area contributed by atoms with Crippen LogP contribution in [0.1, 0.15) is 29.9 Å². The first-order chi connectivity index (χ1) is 6.24. The van der Waals surface area contributed by atoms with Gasteiger partial charge in [-0.15, -0.1) is 0 Å². The molecule has 13 heavy (non-hydrogen) atoms. The summed E-state index contributed by atoms with van der Waals surface area (Å²) in [5.41, 5.74) is 1.48. The molecule has 1 aromatic heterocycles. The molecule has 2 radical (unpaired) electrons. The molecule has 0 fully saturated rings. The van der Waals surface area contributed by atoms with Crippen molar-refractivity contribution in [3.05, 3.63) is 29.6 Å².